The first kappa shape index (κ1) is 20.1. The molecule has 0 saturated carbocycles. The number of hydrogen-bond acceptors (Lipinski definition) is 2. The molecule has 0 unspecified atom stereocenters. The highest BCUT2D eigenvalue weighted by molar-refractivity contribution is 7.86. The van der Waals surface area contributed by atoms with E-state index in [0.29, 0.717) is 10.9 Å². The molecule has 0 radical (unpaired) electrons. The molecule has 28 heavy (non-hydrogen) atoms. The fraction of sp³-hybridized carbons (Fsp3) is 0.167. The maximum Gasteiger partial charge on any atom is 0.295 e. The Morgan fingerprint density at radius 1 is 0.536 bits per heavy atom. The molecule has 0 amide bonds. The van der Waals surface area contributed by atoms with Crippen LogP contribution in [0.4, 0.5) is 0 Å². The predicted molar refractivity (Wildman–Crippen MR) is 117 cm³/mol. The van der Waals surface area contributed by atoms with E-state index < -0.39 is 10.1 Å². The highest BCUT2D eigenvalue weighted by Crippen LogP contribution is 2.28. The number of fused-ring (bicyclic) bond motifs is 2. The summed E-state index contributed by atoms with van der Waals surface area (Å²) in [5, 5.41) is 4.17. The Hall–Kier alpha value is -2.69. The summed E-state index contributed by atoms with van der Waals surface area (Å²) in [6, 6.07) is 21.9. The van der Waals surface area contributed by atoms with Gasteiger partial charge in [0.15, 0.2) is 0 Å². The molecule has 4 aromatic rings. The molecule has 1 N–H and O–H groups in total. The van der Waals surface area contributed by atoms with Gasteiger partial charge in [-0.25, -0.2) is 0 Å². The molecular formula is C24H24O3S. The number of aryl methyl sites for hydroxylation is 4. The zero-order valence-electron chi connectivity index (χ0n) is 16.5. The van der Waals surface area contributed by atoms with E-state index in [1.165, 1.54) is 21.9 Å². The van der Waals surface area contributed by atoms with Crippen LogP contribution in [0.2, 0.25) is 0 Å². The van der Waals surface area contributed by atoms with Gasteiger partial charge in [-0.1, -0.05) is 66.7 Å². The van der Waals surface area contributed by atoms with Crippen molar-refractivity contribution < 1.29 is 13.0 Å². The Balaban J connectivity index is 0.000000167. The Kier molecular flexibility index (Phi) is 5.54. The third-order valence-corrected chi connectivity index (χ3v) is 6.10. The lowest BCUT2D eigenvalue weighted by atomic mass is 10.0. The lowest BCUT2D eigenvalue weighted by Crippen LogP contribution is -2.02. The minimum atomic E-state index is -4.18. The Labute approximate surface area is 166 Å². The molecule has 4 aromatic carbocycles. The zero-order valence-corrected chi connectivity index (χ0v) is 17.3. The van der Waals surface area contributed by atoms with Gasteiger partial charge in [0.05, 0.1) is 0 Å². The first-order chi connectivity index (χ1) is 13.2. The molecule has 0 heterocycles. The Bertz CT molecular complexity index is 1230. The molecule has 4 heteroatoms. The summed E-state index contributed by atoms with van der Waals surface area (Å²) in [4.78, 5) is 0.00806. The first-order valence-corrected chi connectivity index (χ1v) is 10.6. The van der Waals surface area contributed by atoms with Crippen LogP contribution in [0.3, 0.4) is 0 Å². The molecule has 0 spiro atoms. The minimum Gasteiger partial charge on any atom is -0.282 e. The van der Waals surface area contributed by atoms with E-state index in [1.54, 1.807) is 25.1 Å². The van der Waals surface area contributed by atoms with Crippen LogP contribution in [0.1, 0.15) is 22.3 Å². The molecule has 0 saturated heterocycles. The van der Waals surface area contributed by atoms with E-state index in [2.05, 4.69) is 50.2 Å². The third-order valence-electron chi connectivity index (χ3n) is 5.04. The van der Waals surface area contributed by atoms with Crippen molar-refractivity contribution in [2.45, 2.75) is 32.6 Å². The van der Waals surface area contributed by atoms with Crippen molar-refractivity contribution in [3.8, 4) is 0 Å². The highest BCUT2D eigenvalue weighted by atomic mass is 32.2. The fourth-order valence-corrected chi connectivity index (χ4v) is 4.47. The van der Waals surface area contributed by atoms with Crippen LogP contribution in [0.15, 0.2) is 71.6 Å². The SMILES string of the molecule is Cc1ccc(C)c2ccccc12.Cc1ccc2c(C)cccc2c1S(=O)(=O)O. The number of benzene rings is 4. The summed E-state index contributed by atoms with van der Waals surface area (Å²) in [5.41, 5.74) is 4.26. The van der Waals surface area contributed by atoms with Crippen LogP contribution in [-0.4, -0.2) is 13.0 Å². The predicted octanol–water partition coefficient (Wildman–Crippen LogP) is 6.16. The van der Waals surface area contributed by atoms with Crippen molar-refractivity contribution in [3.63, 3.8) is 0 Å². The Morgan fingerprint density at radius 2 is 0.964 bits per heavy atom. The fourth-order valence-electron chi connectivity index (χ4n) is 3.54. The van der Waals surface area contributed by atoms with Crippen LogP contribution in [0, 0.1) is 27.7 Å². The van der Waals surface area contributed by atoms with Gasteiger partial charge in [0.1, 0.15) is 4.90 Å². The van der Waals surface area contributed by atoms with E-state index in [4.69, 9.17) is 0 Å². The van der Waals surface area contributed by atoms with Crippen molar-refractivity contribution in [2.24, 2.45) is 0 Å². The highest BCUT2D eigenvalue weighted by Gasteiger charge is 2.17. The summed E-state index contributed by atoms with van der Waals surface area (Å²) >= 11 is 0. The molecule has 3 nitrogen and oxygen atoms in total. The lowest BCUT2D eigenvalue weighted by molar-refractivity contribution is 0.483. The summed E-state index contributed by atoms with van der Waals surface area (Å²) in [5.74, 6) is 0. The minimum absolute atomic E-state index is 0.00806. The van der Waals surface area contributed by atoms with Crippen LogP contribution in [0.25, 0.3) is 21.5 Å². The van der Waals surface area contributed by atoms with Crippen molar-refractivity contribution in [3.05, 3.63) is 89.0 Å². The van der Waals surface area contributed by atoms with Crippen LogP contribution in [0.5, 0.6) is 0 Å². The van der Waals surface area contributed by atoms with Crippen LogP contribution in [-0.2, 0) is 10.1 Å². The molecule has 0 atom stereocenters. The quantitative estimate of drug-likeness (QED) is 0.395. The Morgan fingerprint density at radius 3 is 1.50 bits per heavy atom. The number of hydrogen-bond donors (Lipinski definition) is 1. The number of rotatable bonds is 1. The van der Waals surface area contributed by atoms with Gasteiger partial charge in [0.25, 0.3) is 10.1 Å². The summed E-state index contributed by atoms with van der Waals surface area (Å²) < 4.78 is 31.9. The zero-order chi connectivity index (χ0) is 20.5. The van der Waals surface area contributed by atoms with E-state index in [0.717, 1.165) is 10.9 Å². The van der Waals surface area contributed by atoms with Crippen LogP contribution >= 0.6 is 0 Å². The van der Waals surface area contributed by atoms with E-state index in [1.807, 2.05) is 19.1 Å². The topological polar surface area (TPSA) is 54.4 Å². The first-order valence-electron chi connectivity index (χ1n) is 9.11. The molecule has 144 valence electrons. The van der Waals surface area contributed by atoms with Gasteiger partial charge >= 0.3 is 0 Å². The van der Waals surface area contributed by atoms with Crippen molar-refractivity contribution >= 4 is 31.7 Å². The summed E-state index contributed by atoms with van der Waals surface area (Å²) in [6.07, 6.45) is 0. The third kappa shape index (κ3) is 3.93. The van der Waals surface area contributed by atoms with Crippen molar-refractivity contribution in [1.82, 2.24) is 0 Å². The van der Waals surface area contributed by atoms with E-state index in [-0.39, 0.29) is 4.90 Å². The van der Waals surface area contributed by atoms with Gasteiger partial charge in [-0.2, -0.15) is 8.42 Å². The van der Waals surface area contributed by atoms with Gasteiger partial charge in [-0.05, 0) is 66.1 Å². The van der Waals surface area contributed by atoms with Gasteiger partial charge in [0.2, 0.25) is 0 Å². The van der Waals surface area contributed by atoms with E-state index in [9.17, 15) is 13.0 Å². The molecule has 0 aliphatic heterocycles. The van der Waals surface area contributed by atoms with Crippen LogP contribution < -0.4 is 0 Å². The maximum atomic E-state index is 11.3. The molecule has 0 aliphatic carbocycles. The second kappa shape index (κ2) is 7.74. The monoisotopic (exact) mass is 392 g/mol. The maximum absolute atomic E-state index is 11.3. The molecule has 0 aromatic heterocycles. The molecular weight excluding hydrogens is 368 g/mol. The second-order valence-electron chi connectivity index (χ2n) is 7.10. The molecule has 4 rings (SSSR count). The smallest absolute Gasteiger partial charge is 0.282 e. The van der Waals surface area contributed by atoms with Crippen molar-refractivity contribution in [1.29, 1.82) is 0 Å². The molecule has 0 fully saturated rings. The summed E-state index contributed by atoms with van der Waals surface area (Å²) in [6.45, 7) is 7.89. The average Bonchev–Trinajstić information content (AvgIpc) is 2.64. The molecule has 0 aliphatic rings. The van der Waals surface area contributed by atoms with Gasteiger partial charge < -0.3 is 0 Å². The standard InChI is InChI=1S/C12H12O3S.C12H12/c1-8-4-3-5-11-10(8)7-6-9(2)12(11)16(13,14)15;1-9-7-8-10(2)12-6-4-3-5-11(9)12/h3-7H,1-2H3,(H,13,14,15);3-8H,1-2H3. The summed E-state index contributed by atoms with van der Waals surface area (Å²) in [7, 11) is -4.18. The largest absolute Gasteiger partial charge is 0.295 e. The van der Waals surface area contributed by atoms with Gasteiger partial charge in [0, 0.05) is 5.39 Å². The lowest BCUT2D eigenvalue weighted by Gasteiger charge is -2.08. The van der Waals surface area contributed by atoms with Crippen molar-refractivity contribution in [2.75, 3.05) is 0 Å². The average molecular weight is 393 g/mol. The van der Waals surface area contributed by atoms with Gasteiger partial charge in [-0.15, -0.1) is 0 Å². The second-order valence-corrected chi connectivity index (χ2v) is 8.46. The van der Waals surface area contributed by atoms with Gasteiger partial charge in [-0.3, -0.25) is 4.55 Å². The normalized spacial score (nSPS) is 11.3. The van der Waals surface area contributed by atoms with E-state index >= 15 is 0 Å². The molecule has 0 bridgehead atoms.